The second kappa shape index (κ2) is 4.40. The van der Waals surface area contributed by atoms with Crippen LogP contribution in [0.2, 0.25) is 0 Å². The first-order chi connectivity index (χ1) is 8.10. The summed E-state index contributed by atoms with van der Waals surface area (Å²) in [6, 6.07) is 2.77. The van der Waals surface area contributed by atoms with Crippen LogP contribution in [0.3, 0.4) is 0 Å². The third-order valence-electron chi connectivity index (χ3n) is 2.30. The number of ether oxygens (including phenoxy) is 1. The number of carbonyl (C=O) groups is 2. The molecular weight excluding hydrogens is 224 g/mol. The summed E-state index contributed by atoms with van der Waals surface area (Å²) in [6.07, 6.45) is 2.05. The summed E-state index contributed by atoms with van der Waals surface area (Å²) >= 11 is 0. The van der Waals surface area contributed by atoms with Gasteiger partial charge in [-0.2, -0.15) is 0 Å². The predicted molar refractivity (Wildman–Crippen MR) is 58.2 cm³/mol. The van der Waals surface area contributed by atoms with Gasteiger partial charge in [-0.25, -0.2) is 9.78 Å². The number of rotatable bonds is 4. The molecule has 1 aromatic rings. The van der Waals surface area contributed by atoms with Gasteiger partial charge in [0, 0.05) is 19.2 Å². The number of hydrogen-bond donors (Lipinski definition) is 2. The van der Waals surface area contributed by atoms with E-state index in [1.165, 1.54) is 19.2 Å². The van der Waals surface area contributed by atoms with Crippen molar-refractivity contribution in [2.75, 3.05) is 7.05 Å². The van der Waals surface area contributed by atoms with E-state index in [9.17, 15) is 9.59 Å². The quantitative estimate of drug-likeness (QED) is 0.802. The average Bonchev–Trinajstić information content (AvgIpc) is 3.11. The zero-order valence-corrected chi connectivity index (χ0v) is 9.27. The van der Waals surface area contributed by atoms with Crippen LogP contribution in [0.1, 0.15) is 33.8 Å². The molecule has 0 unspecified atom stereocenters. The number of aromatic nitrogens is 1. The minimum atomic E-state index is -1.18. The van der Waals surface area contributed by atoms with Gasteiger partial charge in [0.15, 0.2) is 5.69 Å². The molecule has 0 spiro atoms. The van der Waals surface area contributed by atoms with Gasteiger partial charge in [-0.15, -0.1) is 0 Å². The Labute approximate surface area is 97.6 Å². The summed E-state index contributed by atoms with van der Waals surface area (Å²) in [5.41, 5.74) is -0.148. The molecule has 6 heteroatoms. The Hall–Kier alpha value is -2.11. The third kappa shape index (κ3) is 2.72. The van der Waals surface area contributed by atoms with E-state index >= 15 is 0 Å². The van der Waals surface area contributed by atoms with Gasteiger partial charge in [-0.05, 0) is 12.8 Å². The molecular formula is C11H12N2O4. The van der Waals surface area contributed by atoms with Crippen LogP contribution in [0, 0.1) is 0 Å². The first kappa shape index (κ1) is 11.4. The number of carbonyl (C=O) groups excluding carboxylic acids is 1. The van der Waals surface area contributed by atoms with Gasteiger partial charge in [0.25, 0.3) is 5.91 Å². The van der Waals surface area contributed by atoms with Crippen molar-refractivity contribution >= 4 is 11.9 Å². The third-order valence-corrected chi connectivity index (χ3v) is 2.30. The van der Waals surface area contributed by atoms with Gasteiger partial charge >= 0.3 is 5.97 Å². The zero-order valence-electron chi connectivity index (χ0n) is 9.27. The van der Waals surface area contributed by atoms with E-state index in [1.54, 1.807) is 0 Å². The van der Waals surface area contributed by atoms with Crippen LogP contribution in [-0.4, -0.2) is 35.1 Å². The SMILES string of the molecule is CNC(=O)c1cc(OC2CC2)cc(C(=O)O)n1. The molecule has 1 fully saturated rings. The highest BCUT2D eigenvalue weighted by Crippen LogP contribution is 2.27. The molecule has 0 bridgehead atoms. The number of carboxylic acids is 1. The van der Waals surface area contributed by atoms with Crippen LogP contribution >= 0.6 is 0 Å². The minimum absolute atomic E-state index is 0.0445. The summed E-state index contributed by atoms with van der Waals surface area (Å²) < 4.78 is 5.47. The number of hydrogen-bond acceptors (Lipinski definition) is 4. The molecule has 2 N–H and O–H groups in total. The molecule has 0 radical (unpaired) electrons. The fourth-order valence-electron chi connectivity index (χ4n) is 1.31. The van der Waals surface area contributed by atoms with Crippen LogP contribution < -0.4 is 10.1 Å². The lowest BCUT2D eigenvalue weighted by molar-refractivity contribution is 0.0689. The van der Waals surface area contributed by atoms with Crippen molar-refractivity contribution in [3.05, 3.63) is 23.5 Å². The fourth-order valence-corrected chi connectivity index (χ4v) is 1.31. The van der Waals surface area contributed by atoms with Gasteiger partial charge in [0.1, 0.15) is 11.4 Å². The van der Waals surface area contributed by atoms with Gasteiger partial charge in [-0.3, -0.25) is 4.79 Å². The average molecular weight is 236 g/mol. The Balaban J connectivity index is 2.33. The molecule has 1 heterocycles. The van der Waals surface area contributed by atoms with Crippen molar-refractivity contribution in [2.24, 2.45) is 0 Å². The van der Waals surface area contributed by atoms with Crippen molar-refractivity contribution in [2.45, 2.75) is 18.9 Å². The van der Waals surface area contributed by atoms with E-state index in [-0.39, 0.29) is 17.5 Å². The van der Waals surface area contributed by atoms with E-state index in [0.717, 1.165) is 12.8 Å². The van der Waals surface area contributed by atoms with Gasteiger partial charge < -0.3 is 15.2 Å². The second-order valence-corrected chi connectivity index (χ2v) is 3.77. The number of amides is 1. The molecule has 1 aliphatic rings. The molecule has 0 saturated heterocycles. The zero-order chi connectivity index (χ0) is 12.4. The summed E-state index contributed by atoms with van der Waals surface area (Å²) in [7, 11) is 1.46. The molecule has 17 heavy (non-hydrogen) atoms. The molecule has 90 valence electrons. The van der Waals surface area contributed by atoms with E-state index < -0.39 is 11.9 Å². The van der Waals surface area contributed by atoms with Gasteiger partial charge in [0.05, 0.1) is 6.10 Å². The number of aromatic carboxylic acids is 1. The second-order valence-electron chi connectivity index (χ2n) is 3.77. The van der Waals surface area contributed by atoms with E-state index in [2.05, 4.69) is 10.3 Å². The van der Waals surface area contributed by atoms with Gasteiger partial charge in [-0.1, -0.05) is 0 Å². The molecule has 1 amide bonds. The highest BCUT2D eigenvalue weighted by molar-refractivity contribution is 5.94. The number of carboxylic acid groups (broad SMARTS) is 1. The summed E-state index contributed by atoms with van der Waals surface area (Å²) in [5, 5.41) is 11.3. The molecule has 6 nitrogen and oxygen atoms in total. The van der Waals surface area contributed by atoms with Gasteiger partial charge in [0.2, 0.25) is 0 Å². The number of nitrogens with one attached hydrogen (secondary N) is 1. The van der Waals surface area contributed by atoms with E-state index in [0.29, 0.717) is 5.75 Å². The first-order valence-electron chi connectivity index (χ1n) is 5.24. The lowest BCUT2D eigenvalue weighted by Crippen LogP contribution is -2.20. The molecule has 2 rings (SSSR count). The highest BCUT2D eigenvalue weighted by Gasteiger charge is 2.24. The summed E-state index contributed by atoms with van der Waals surface area (Å²) in [6.45, 7) is 0. The van der Waals surface area contributed by atoms with Crippen LogP contribution in [0.15, 0.2) is 12.1 Å². The lowest BCUT2D eigenvalue weighted by atomic mass is 10.2. The maximum Gasteiger partial charge on any atom is 0.354 e. The summed E-state index contributed by atoms with van der Waals surface area (Å²) in [5.74, 6) is -1.25. The molecule has 0 atom stereocenters. The Kier molecular flexibility index (Phi) is 2.95. The Bertz CT molecular complexity index is 469. The number of nitrogens with zero attached hydrogens (tertiary/aromatic N) is 1. The maximum atomic E-state index is 11.4. The standard InChI is InChI=1S/C11H12N2O4/c1-12-10(14)8-4-7(17-6-2-3-6)5-9(13-8)11(15)16/h4-6H,2-3H2,1H3,(H,12,14)(H,15,16). The molecule has 1 saturated carbocycles. The van der Waals surface area contributed by atoms with Crippen LogP contribution in [0.5, 0.6) is 5.75 Å². The van der Waals surface area contributed by atoms with Crippen molar-refractivity contribution in [1.29, 1.82) is 0 Å². The molecule has 0 aromatic carbocycles. The van der Waals surface area contributed by atoms with Crippen LogP contribution in [0.4, 0.5) is 0 Å². The molecule has 1 aliphatic carbocycles. The van der Waals surface area contributed by atoms with E-state index in [1.807, 2.05) is 0 Å². The molecule has 0 aliphatic heterocycles. The first-order valence-corrected chi connectivity index (χ1v) is 5.24. The van der Waals surface area contributed by atoms with Crippen molar-refractivity contribution in [3.63, 3.8) is 0 Å². The lowest BCUT2D eigenvalue weighted by Gasteiger charge is -2.07. The monoisotopic (exact) mass is 236 g/mol. The minimum Gasteiger partial charge on any atom is -0.490 e. The number of pyridine rings is 1. The normalized spacial score (nSPS) is 14.2. The van der Waals surface area contributed by atoms with Crippen molar-refractivity contribution < 1.29 is 19.4 Å². The Morgan fingerprint density at radius 2 is 2.06 bits per heavy atom. The molecule has 1 aromatic heterocycles. The van der Waals surface area contributed by atoms with Crippen LogP contribution in [0.25, 0.3) is 0 Å². The van der Waals surface area contributed by atoms with Crippen LogP contribution in [-0.2, 0) is 0 Å². The Morgan fingerprint density at radius 1 is 1.41 bits per heavy atom. The largest absolute Gasteiger partial charge is 0.490 e. The van der Waals surface area contributed by atoms with E-state index in [4.69, 9.17) is 9.84 Å². The van der Waals surface area contributed by atoms with Crippen molar-refractivity contribution in [3.8, 4) is 5.75 Å². The maximum absolute atomic E-state index is 11.4. The smallest absolute Gasteiger partial charge is 0.354 e. The highest BCUT2D eigenvalue weighted by atomic mass is 16.5. The summed E-state index contributed by atoms with van der Waals surface area (Å²) in [4.78, 5) is 26.0. The fraction of sp³-hybridized carbons (Fsp3) is 0.364. The Morgan fingerprint density at radius 3 is 2.59 bits per heavy atom. The van der Waals surface area contributed by atoms with Crippen molar-refractivity contribution in [1.82, 2.24) is 10.3 Å². The topological polar surface area (TPSA) is 88.5 Å². The predicted octanol–water partition coefficient (Wildman–Crippen LogP) is 0.681.